The van der Waals surface area contributed by atoms with Crippen LogP contribution < -0.4 is 10.6 Å². The number of carbonyl (C=O) groups excluding carboxylic acids is 1. The van der Waals surface area contributed by atoms with Crippen molar-refractivity contribution in [2.45, 2.75) is 6.92 Å². The number of anilines is 3. The fourth-order valence-electron chi connectivity index (χ4n) is 2.08. The van der Waals surface area contributed by atoms with E-state index in [0.717, 1.165) is 21.5 Å². The summed E-state index contributed by atoms with van der Waals surface area (Å²) in [5.41, 5.74) is 3.06. The van der Waals surface area contributed by atoms with Crippen LogP contribution in [0.25, 0.3) is 0 Å². The summed E-state index contributed by atoms with van der Waals surface area (Å²) in [4.78, 5) is 12.2. The zero-order valence-electron chi connectivity index (χ0n) is 13.0. The van der Waals surface area contributed by atoms with E-state index in [1.54, 1.807) is 12.1 Å². The van der Waals surface area contributed by atoms with Crippen molar-refractivity contribution in [3.63, 3.8) is 0 Å². The Labute approximate surface area is 148 Å². The SMILES string of the molecule is Cc1ccc(Nc2ccc(NC(=O)c3cccc(Br)c3)cc2)nn1. The average molecular weight is 383 g/mol. The van der Waals surface area contributed by atoms with Crippen molar-refractivity contribution in [2.75, 3.05) is 10.6 Å². The lowest BCUT2D eigenvalue weighted by Crippen LogP contribution is -2.11. The van der Waals surface area contributed by atoms with E-state index in [4.69, 9.17) is 0 Å². The summed E-state index contributed by atoms with van der Waals surface area (Å²) >= 11 is 3.36. The minimum atomic E-state index is -0.151. The number of nitrogens with one attached hydrogen (secondary N) is 2. The highest BCUT2D eigenvalue weighted by atomic mass is 79.9. The molecule has 1 heterocycles. The zero-order chi connectivity index (χ0) is 16.9. The second kappa shape index (κ2) is 7.23. The van der Waals surface area contributed by atoms with Gasteiger partial charge in [-0.05, 0) is 61.5 Å². The monoisotopic (exact) mass is 382 g/mol. The molecule has 3 rings (SSSR count). The van der Waals surface area contributed by atoms with Crippen molar-refractivity contribution in [3.8, 4) is 0 Å². The summed E-state index contributed by atoms with van der Waals surface area (Å²) < 4.78 is 0.869. The number of halogens is 1. The van der Waals surface area contributed by atoms with Gasteiger partial charge in [0.25, 0.3) is 5.91 Å². The molecule has 0 spiro atoms. The van der Waals surface area contributed by atoms with E-state index >= 15 is 0 Å². The summed E-state index contributed by atoms with van der Waals surface area (Å²) in [5, 5.41) is 14.1. The van der Waals surface area contributed by atoms with Gasteiger partial charge in [-0.2, -0.15) is 5.10 Å². The average Bonchev–Trinajstić information content (AvgIpc) is 2.59. The molecule has 0 radical (unpaired) electrons. The first-order chi connectivity index (χ1) is 11.6. The molecule has 2 aromatic carbocycles. The molecule has 2 N–H and O–H groups in total. The molecular formula is C18H15BrN4O. The molecule has 6 heteroatoms. The fraction of sp³-hybridized carbons (Fsp3) is 0.0556. The molecule has 0 bridgehead atoms. The summed E-state index contributed by atoms with van der Waals surface area (Å²) in [6, 6.07) is 18.4. The molecule has 1 amide bonds. The van der Waals surface area contributed by atoms with Crippen LogP contribution in [0.1, 0.15) is 16.1 Å². The lowest BCUT2D eigenvalue weighted by Gasteiger charge is -2.08. The van der Waals surface area contributed by atoms with Crippen molar-refractivity contribution >= 4 is 39.0 Å². The lowest BCUT2D eigenvalue weighted by molar-refractivity contribution is 0.102. The first kappa shape index (κ1) is 16.1. The Bertz CT molecular complexity index is 848. The Morgan fingerprint density at radius 1 is 0.958 bits per heavy atom. The van der Waals surface area contributed by atoms with Crippen LogP contribution in [-0.2, 0) is 0 Å². The highest BCUT2D eigenvalue weighted by Gasteiger charge is 2.06. The van der Waals surface area contributed by atoms with Gasteiger partial charge in [-0.15, -0.1) is 5.10 Å². The number of amides is 1. The first-order valence-corrected chi connectivity index (χ1v) is 8.14. The number of nitrogens with zero attached hydrogens (tertiary/aromatic N) is 2. The zero-order valence-corrected chi connectivity index (χ0v) is 14.5. The van der Waals surface area contributed by atoms with Gasteiger partial charge in [0.05, 0.1) is 5.69 Å². The maximum atomic E-state index is 12.2. The molecule has 1 aromatic heterocycles. The lowest BCUT2D eigenvalue weighted by atomic mass is 10.2. The number of rotatable bonds is 4. The molecule has 0 saturated carbocycles. The summed E-state index contributed by atoms with van der Waals surface area (Å²) in [6.45, 7) is 1.89. The van der Waals surface area contributed by atoms with Crippen LogP contribution in [-0.4, -0.2) is 16.1 Å². The van der Waals surface area contributed by atoms with Crippen molar-refractivity contribution < 1.29 is 4.79 Å². The molecule has 0 aliphatic rings. The molecule has 3 aromatic rings. The number of hydrogen-bond donors (Lipinski definition) is 2. The molecule has 120 valence electrons. The van der Waals surface area contributed by atoms with Gasteiger partial charge in [0.15, 0.2) is 5.82 Å². The predicted octanol–water partition coefficient (Wildman–Crippen LogP) is 4.54. The minimum absolute atomic E-state index is 0.151. The van der Waals surface area contributed by atoms with Crippen molar-refractivity contribution in [2.24, 2.45) is 0 Å². The van der Waals surface area contributed by atoms with Crippen LogP contribution in [0.2, 0.25) is 0 Å². The molecule has 0 aliphatic heterocycles. The number of carbonyl (C=O) groups is 1. The van der Waals surface area contributed by atoms with E-state index in [1.807, 2.05) is 55.5 Å². The molecule has 5 nitrogen and oxygen atoms in total. The Morgan fingerprint density at radius 3 is 2.38 bits per heavy atom. The Kier molecular flexibility index (Phi) is 4.86. The third kappa shape index (κ3) is 4.17. The van der Waals surface area contributed by atoms with E-state index in [1.165, 1.54) is 0 Å². The molecule has 0 fully saturated rings. The normalized spacial score (nSPS) is 10.2. The van der Waals surface area contributed by atoms with Gasteiger partial charge in [0, 0.05) is 21.4 Å². The third-order valence-electron chi connectivity index (χ3n) is 3.30. The number of aryl methyl sites for hydroxylation is 1. The predicted molar refractivity (Wildman–Crippen MR) is 98.6 cm³/mol. The number of hydrogen-bond acceptors (Lipinski definition) is 4. The van der Waals surface area contributed by atoms with Crippen LogP contribution in [0.5, 0.6) is 0 Å². The van der Waals surface area contributed by atoms with Gasteiger partial charge >= 0.3 is 0 Å². The van der Waals surface area contributed by atoms with Crippen LogP contribution in [0.4, 0.5) is 17.2 Å². The van der Waals surface area contributed by atoms with E-state index in [0.29, 0.717) is 11.4 Å². The Balaban J connectivity index is 1.66. The molecule has 24 heavy (non-hydrogen) atoms. The van der Waals surface area contributed by atoms with Crippen LogP contribution >= 0.6 is 15.9 Å². The summed E-state index contributed by atoms with van der Waals surface area (Å²) in [7, 11) is 0. The maximum absolute atomic E-state index is 12.2. The summed E-state index contributed by atoms with van der Waals surface area (Å²) in [5.74, 6) is 0.521. The third-order valence-corrected chi connectivity index (χ3v) is 3.79. The molecular weight excluding hydrogens is 368 g/mol. The highest BCUT2D eigenvalue weighted by Crippen LogP contribution is 2.18. The largest absolute Gasteiger partial charge is 0.339 e. The van der Waals surface area contributed by atoms with E-state index < -0.39 is 0 Å². The molecule has 0 saturated heterocycles. The molecule has 0 atom stereocenters. The second-order valence-electron chi connectivity index (χ2n) is 5.23. The quantitative estimate of drug-likeness (QED) is 0.694. The fourth-order valence-corrected chi connectivity index (χ4v) is 2.48. The van der Waals surface area contributed by atoms with Crippen molar-refractivity contribution in [1.82, 2.24) is 10.2 Å². The number of benzene rings is 2. The van der Waals surface area contributed by atoms with E-state index in [2.05, 4.69) is 36.8 Å². The molecule has 0 unspecified atom stereocenters. The van der Waals surface area contributed by atoms with E-state index in [-0.39, 0.29) is 5.91 Å². The van der Waals surface area contributed by atoms with Crippen LogP contribution in [0, 0.1) is 6.92 Å². The minimum Gasteiger partial charge on any atom is -0.339 e. The van der Waals surface area contributed by atoms with Crippen LogP contribution in [0.15, 0.2) is 65.1 Å². The van der Waals surface area contributed by atoms with Gasteiger partial charge in [0.2, 0.25) is 0 Å². The highest BCUT2D eigenvalue weighted by molar-refractivity contribution is 9.10. The van der Waals surface area contributed by atoms with Crippen LogP contribution in [0.3, 0.4) is 0 Å². The standard InChI is InChI=1S/C18H15BrN4O/c1-12-5-10-17(23-22-12)20-15-6-8-16(9-7-15)21-18(24)13-3-2-4-14(19)11-13/h2-11H,1H3,(H,20,23)(H,21,24). The van der Waals surface area contributed by atoms with Gasteiger partial charge in [0.1, 0.15) is 0 Å². The maximum Gasteiger partial charge on any atom is 0.255 e. The summed E-state index contributed by atoms with van der Waals surface area (Å²) in [6.07, 6.45) is 0. The van der Waals surface area contributed by atoms with E-state index in [9.17, 15) is 4.79 Å². The van der Waals surface area contributed by atoms with Gasteiger partial charge < -0.3 is 10.6 Å². The molecule has 0 aliphatic carbocycles. The van der Waals surface area contributed by atoms with Gasteiger partial charge in [-0.25, -0.2) is 0 Å². The Morgan fingerprint density at radius 2 is 1.71 bits per heavy atom. The van der Waals surface area contributed by atoms with Gasteiger partial charge in [-0.1, -0.05) is 22.0 Å². The Hall–Kier alpha value is -2.73. The van der Waals surface area contributed by atoms with Gasteiger partial charge in [-0.3, -0.25) is 4.79 Å². The smallest absolute Gasteiger partial charge is 0.255 e. The topological polar surface area (TPSA) is 66.9 Å². The number of aromatic nitrogens is 2. The van der Waals surface area contributed by atoms with Crippen molar-refractivity contribution in [1.29, 1.82) is 0 Å². The second-order valence-corrected chi connectivity index (χ2v) is 6.14. The van der Waals surface area contributed by atoms with Crippen molar-refractivity contribution in [3.05, 3.63) is 76.4 Å². The first-order valence-electron chi connectivity index (χ1n) is 7.34.